The smallest absolute Gasteiger partial charge is 0.333 e. The lowest BCUT2D eigenvalue weighted by atomic mass is 9.74. The Morgan fingerprint density at radius 3 is 2.65 bits per heavy atom. The summed E-state index contributed by atoms with van der Waals surface area (Å²) in [5, 5.41) is 27.4. The molecule has 0 amide bonds. The highest BCUT2D eigenvalue weighted by Gasteiger charge is 2.41. The molecule has 0 atom stereocenters. The Kier molecular flexibility index (Phi) is 3.65. The van der Waals surface area contributed by atoms with Crippen molar-refractivity contribution in [2.45, 2.75) is 44.6 Å². The number of carbonyl (C=O) groups is 1. The summed E-state index contributed by atoms with van der Waals surface area (Å²) in [6.07, 6.45) is 2.73. The molecule has 0 aliphatic heterocycles. The van der Waals surface area contributed by atoms with E-state index >= 15 is 0 Å². The van der Waals surface area contributed by atoms with Gasteiger partial charge in [0.05, 0.1) is 11.3 Å². The fourth-order valence-electron chi connectivity index (χ4n) is 2.63. The fraction of sp³-hybridized carbons (Fsp3) is 0.667. The number of carboxylic acid groups (broad SMARTS) is 1. The summed E-state index contributed by atoms with van der Waals surface area (Å²) in [6.45, 7) is 1.80. The van der Waals surface area contributed by atoms with Crippen LogP contribution in [0.15, 0.2) is 0 Å². The van der Waals surface area contributed by atoms with Gasteiger partial charge in [-0.2, -0.15) is 5.10 Å². The number of nitrogens with one attached hydrogen (secondary N) is 1. The van der Waals surface area contributed by atoms with Crippen molar-refractivity contribution in [3.8, 4) is 0 Å². The van der Waals surface area contributed by atoms with Gasteiger partial charge in [-0.25, -0.2) is 4.68 Å². The van der Waals surface area contributed by atoms with Crippen LogP contribution < -0.4 is 5.32 Å². The molecule has 1 saturated carbocycles. The van der Waals surface area contributed by atoms with E-state index in [1.807, 2.05) is 0 Å². The largest absolute Gasteiger partial charge is 0.481 e. The Balaban J connectivity index is 2.35. The molecule has 0 spiro atoms. The molecule has 1 aromatic rings. The van der Waals surface area contributed by atoms with Crippen molar-refractivity contribution in [1.82, 2.24) is 9.78 Å². The van der Waals surface area contributed by atoms with Gasteiger partial charge in [-0.3, -0.25) is 14.9 Å². The third-order valence-electron chi connectivity index (χ3n) is 3.79. The highest BCUT2D eigenvalue weighted by molar-refractivity contribution is 5.71. The molecule has 0 bridgehead atoms. The maximum atomic E-state index is 11.2. The predicted octanol–water partition coefficient (Wildman–Crippen LogP) is 1.70. The van der Waals surface area contributed by atoms with E-state index in [1.54, 1.807) is 14.0 Å². The van der Waals surface area contributed by atoms with Crippen LogP contribution in [0.25, 0.3) is 0 Å². The average molecular weight is 282 g/mol. The minimum Gasteiger partial charge on any atom is -0.481 e. The quantitative estimate of drug-likeness (QED) is 0.607. The Morgan fingerprint density at radius 1 is 1.60 bits per heavy atom. The lowest BCUT2D eigenvalue weighted by Crippen LogP contribution is -2.47. The topological polar surface area (TPSA) is 110 Å². The molecular formula is C12H18N4O4. The summed E-state index contributed by atoms with van der Waals surface area (Å²) >= 11 is 0. The molecule has 20 heavy (non-hydrogen) atoms. The zero-order valence-electron chi connectivity index (χ0n) is 11.5. The first kappa shape index (κ1) is 14.3. The molecule has 2 N–H and O–H groups in total. The monoisotopic (exact) mass is 282 g/mol. The van der Waals surface area contributed by atoms with Crippen molar-refractivity contribution in [2.24, 2.45) is 7.05 Å². The fourth-order valence-corrected chi connectivity index (χ4v) is 2.63. The average Bonchev–Trinajstić information content (AvgIpc) is 2.62. The summed E-state index contributed by atoms with van der Waals surface area (Å²) < 4.78 is 1.43. The lowest BCUT2D eigenvalue weighted by Gasteiger charge is -2.41. The van der Waals surface area contributed by atoms with Gasteiger partial charge >= 0.3 is 11.7 Å². The standard InChI is InChI=1S/C12H18N4O4/c1-3-8-10(16(19)20)11(15(2)14-8)13-12(5-4-6-12)7-9(17)18/h13H,3-7H2,1-2H3,(H,17,18). The molecule has 1 fully saturated rings. The molecule has 1 aromatic heterocycles. The van der Waals surface area contributed by atoms with Crippen molar-refractivity contribution in [1.29, 1.82) is 0 Å². The number of anilines is 1. The number of nitro groups is 1. The molecule has 0 radical (unpaired) electrons. The second-order valence-electron chi connectivity index (χ2n) is 5.21. The van der Waals surface area contributed by atoms with Gasteiger partial charge in [-0.15, -0.1) is 0 Å². The highest BCUT2D eigenvalue weighted by atomic mass is 16.6. The van der Waals surface area contributed by atoms with E-state index < -0.39 is 16.4 Å². The van der Waals surface area contributed by atoms with Gasteiger partial charge in [-0.05, 0) is 25.7 Å². The maximum Gasteiger partial charge on any atom is 0.333 e. The minimum absolute atomic E-state index is 0.0448. The van der Waals surface area contributed by atoms with Gasteiger partial charge in [0.1, 0.15) is 5.69 Å². The van der Waals surface area contributed by atoms with Crippen molar-refractivity contribution >= 4 is 17.5 Å². The number of aryl methyl sites for hydroxylation is 2. The predicted molar refractivity (Wildman–Crippen MR) is 71.7 cm³/mol. The van der Waals surface area contributed by atoms with Crippen molar-refractivity contribution in [2.75, 3.05) is 5.32 Å². The molecule has 1 heterocycles. The number of nitrogens with zero attached hydrogens (tertiary/aromatic N) is 3. The summed E-state index contributed by atoms with van der Waals surface area (Å²) in [5.41, 5.74) is -0.230. The number of aliphatic carboxylic acids is 1. The first-order valence-corrected chi connectivity index (χ1v) is 6.59. The van der Waals surface area contributed by atoms with Crippen molar-refractivity contribution in [3.63, 3.8) is 0 Å². The molecule has 0 aromatic carbocycles. The first-order chi connectivity index (χ1) is 9.38. The van der Waals surface area contributed by atoms with Crippen LogP contribution in [-0.4, -0.2) is 31.3 Å². The van der Waals surface area contributed by atoms with Crippen molar-refractivity contribution < 1.29 is 14.8 Å². The van der Waals surface area contributed by atoms with Gasteiger partial charge < -0.3 is 10.4 Å². The molecule has 1 aliphatic carbocycles. The summed E-state index contributed by atoms with van der Waals surface area (Å²) in [7, 11) is 1.63. The van der Waals surface area contributed by atoms with E-state index in [4.69, 9.17) is 5.11 Å². The van der Waals surface area contributed by atoms with E-state index in [1.165, 1.54) is 4.68 Å². The van der Waals surface area contributed by atoms with Gasteiger partial charge in [-0.1, -0.05) is 6.92 Å². The Hall–Kier alpha value is -2.12. The number of hydrogen-bond donors (Lipinski definition) is 2. The maximum absolute atomic E-state index is 11.2. The van der Waals surface area contributed by atoms with E-state index in [2.05, 4.69) is 10.4 Å². The van der Waals surface area contributed by atoms with Crippen LogP contribution in [0.4, 0.5) is 11.5 Å². The molecule has 110 valence electrons. The second-order valence-corrected chi connectivity index (χ2v) is 5.21. The summed E-state index contributed by atoms with van der Waals surface area (Å²) in [5.74, 6) is -0.606. The normalized spacial score (nSPS) is 16.5. The first-order valence-electron chi connectivity index (χ1n) is 6.59. The number of aromatic nitrogens is 2. The van der Waals surface area contributed by atoms with Crippen LogP contribution in [0, 0.1) is 10.1 Å². The Morgan fingerprint density at radius 2 is 2.25 bits per heavy atom. The molecule has 8 nitrogen and oxygen atoms in total. The second kappa shape index (κ2) is 5.10. The zero-order valence-corrected chi connectivity index (χ0v) is 11.5. The van der Waals surface area contributed by atoms with Crippen LogP contribution >= 0.6 is 0 Å². The van der Waals surface area contributed by atoms with E-state index in [0.29, 0.717) is 30.8 Å². The third-order valence-corrected chi connectivity index (χ3v) is 3.79. The number of hydrogen-bond acceptors (Lipinski definition) is 5. The number of rotatable bonds is 6. The van der Waals surface area contributed by atoms with Crippen LogP contribution in [0.1, 0.15) is 38.3 Å². The van der Waals surface area contributed by atoms with Crippen LogP contribution in [0.2, 0.25) is 0 Å². The molecule has 0 saturated heterocycles. The molecular weight excluding hydrogens is 264 g/mol. The minimum atomic E-state index is -0.905. The van der Waals surface area contributed by atoms with Crippen LogP contribution in [0.5, 0.6) is 0 Å². The SMILES string of the molecule is CCc1nn(C)c(NC2(CC(=O)O)CCC2)c1[N+](=O)[O-]. The van der Waals surface area contributed by atoms with Crippen molar-refractivity contribution in [3.05, 3.63) is 15.8 Å². The molecule has 1 aliphatic rings. The zero-order chi connectivity index (χ0) is 14.9. The van der Waals surface area contributed by atoms with Gasteiger partial charge in [0.15, 0.2) is 0 Å². The highest BCUT2D eigenvalue weighted by Crippen LogP contribution is 2.41. The summed E-state index contributed by atoms with van der Waals surface area (Å²) in [6, 6.07) is 0. The van der Waals surface area contributed by atoms with Crippen LogP contribution in [0.3, 0.4) is 0 Å². The van der Waals surface area contributed by atoms with Gasteiger partial charge in [0.2, 0.25) is 5.82 Å². The van der Waals surface area contributed by atoms with E-state index in [-0.39, 0.29) is 12.1 Å². The molecule has 0 unspecified atom stereocenters. The summed E-state index contributed by atoms with van der Waals surface area (Å²) in [4.78, 5) is 21.7. The Labute approximate surface area is 115 Å². The lowest BCUT2D eigenvalue weighted by molar-refractivity contribution is -0.384. The van der Waals surface area contributed by atoms with Gasteiger partial charge in [0.25, 0.3) is 0 Å². The van der Waals surface area contributed by atoms with E-state index in [9.17, 15) is 14.9 Å². The van der Waals surface area contributed by atoms with Gasteiger partial charge in [0, 0.05) is 12.6 Å². The molecule has 8 heteroatoms. The molecule has 2 rings (SSSR count). The number of carboxylic acids is 1. The third kappa shape index (κ3) is 2.45. The van der Waals surface area contributed by atoms with Crippen LogP contribution in [-0.2, 0) is 18.3 Å². The van der Waals surface area contributed by atoms with E-state index in [0.717, 1.165) is 6.42 Å². The Bertz CT molecular complexity index is 548.